The molecule has 0 aromatic carbocycles. The number of hydrogen-bond donors (Lipinski definition) is 0. The Morgan fingerprint density at radius 1 is 0.107 bits per heavy atom. The van der Waals surface area contributed by atoms with Crippen LogP contribution < -0.4 is 29.4 Å². The predicted octanol–water partition coefficient (Wildman–Crippen LogP) is 36.6. The summed E-state index contributed by atoms with van der Waals surface area (Å²) in [6.07, 6.45) is 140. The van der Waals surface area contributed by atoms with Gasteiger partial charge >= 0.3 is 81.7 Å². The van der Waals surface area contributed by atoms with Crippen LogP contribution in [0.3, 0.4) is 0 Å². The fourth-order valence-corrected chi connectivity index (χ4v) is 19.9. The molecule has 0 aliphatic rings. The molecule has 122 heavy (non-hydrogen) atoms. The topological polar surface area (TPSA) is 190 Å². The van der Waals surface area contributed by atoms with Gasteiger partial charge < -0.3 is 43.1 Å². The fraction of sp³-hybridized carbons (Fsp3) is 1.00. The molecular formula is C108H219Nd2O9P3. The molecule has 0 heterocycles. The van der Waals surface area contributed by atoms with E-state index in [4.69, 9.17) is 0 Å². The van der Waals surface area contributed by atoms with Crippen molar-refractivity contribution >= 4 is 22.8 Å². The van der Waals surface area contributed by atoms with Gasteiger partial charge in [-0.1, -0.05) is 679 Å². The van der Waals surface area contributed by atoms with Crippen molar-refractivity contribution in [3.05, 3.63) is 0 Å². The van der Waals surface area contributed by atoms with E-state index in [0.29, 0.717) is 19.3 Å². The van der Waals surface area contributed by atoms with Gasteiger partial charge in [0.25, 0.3) is 0 Å². The molecule has 0 aliphatic carbocycles. The van der Waals surface area contributed by atoms with Crippen LogP contribution >= 0.6 is 22.8 Å². The van der Waals surface area contributed by atoms with E-state index in [0.717, 1.165) is 38.5 Å². The Hall–Kier alpha value is 3.15. The van der Waals surface area contributed by atoms with E-state index in [-0.39, 0.29) is 100 Å². The molecule has 9 nitrogen and oxygen atoms in total. The summed E-state index contributed by atoms with van der Waals surface area (Å²) in [4.78, 5) is 63.5. The van der Waals surface area contributed by atoms with Crippen LogP contribution in [0.25, 0.3) is 0 Å². The van der Waals surface area contributed by atoms with Crippen molar-refractivity contribution in [3.63, 3.8) is 0 Å². The Balaban J connectivity index is -0.000000556. The molecule has 0 spiro atoms. The van der Waals surface area contributed by atoms with Gasteiger partial charge in [0.15, 0.2) is 0 Å². The first-order valence-electron chi connectivity index (χ1n) is 55.7. The van der Waals surface area contributed by atoms with Crippen molar-refractivity contribution in [2.24, 2.45) is 0 Å². The van der Waals surface area contributed by atoms with Crippen molar-refractivity contribution in [1.82, 2.24) is 0 Å². The Morgan fingerprint density at radius 2 is 0.156 bits per heavy atom. The molecule has 0 aromatic rings. The van der Waals surface area contributed by atoms with E-state index < -0.39 is 22.8 Å². The van der Waals surface area contributed by atoms with Crippen molar-refractivity contribution in [2.75, 3.05) is 18.5 Å². The predicted molar refractivity (Wildman–Crippen MR) is 525 cm³/mol. The van der Waals surface area contributed by atoms with Gasteiger partial charge in [0.2, 0.25) is 0 Å². The summed E-state index contributed by atoms with van der Waals surface area (Å²) in [7, 11) is -12.8. The molecule has 0 amide bonds. The third-order valence-corrected chi connectivity index (χ3v) is 28.9. The molecule has 0 aliphatic heterocycles. The standard InChI is InChI=1S/3C36H75O3P.2Nd/c3*1-2-3-4-5-6-7-8-9-10-11-12-13-14-15-16-17-18-19-20-21-22-23-24-25-26-27-28-29-30-31-32-33-34-35-36-40(37,38)39;;/h3*2-36H2,1H3,(H2,37,38,39);;/q;;;2*+3/p-6. The molecule has 2 radical (unpaired) electrons. The molecule has 0 unspecified atom stereocenters. The van der Waals surface area contributed by atoms with E-state index in [9.17, 15) is 43.1 Å². The van der Waals surface area contributed by atoms with Crippen molar-refractivity contribution in [1.29, 1.82) is 0 Å². The molecule has 0 saturated carbocycles. The van der Waals surface area contributed by atoms with Crippen LogP contribution in [-0.2, 0) is 13.7 Å². The monoisotopic (exact) mass is 2040 g/mol. The molecule has 0 N–H and O–H groups in total. The molecule has 0 rings (SSSR count). The fourth-order valence-electron chi connectivity index (χ4n) is 18.1. The molecule has 0 bridgehead atoms. The first kappa shape index (κ1) is 134. The average molecular weight is 2040 g/mol. The van der Waals surface area contributed by atoms with E-state index >= 15 is 0 Å². The van der Waals surface area contributed by atoms with Gasteiger partial charge in [0.1, 0.15) is 0 Å². The minimum Gasteiger partial charge on any atom is -0.811 e. The van der Waals surface area contributed by atoms with Gasteiger partial charge in [-0.25, -0.2) is 0 Å². The average Bonchev–Trinajstić information content (AvgIpc) is 1.00. The molecule has 0 saturated heterocycles. The number of rotatable bonds is 105. The van der Waals surface area contributed by atoms with Crippen LogP contribution in [-0.4, -0.2) is 18.5 Å². The molecule has 0 fully saturated rings. The van der Waals surface area contributed by atoms with Gasteiger partial charge in [-0.2, -0.15) is 0 Å². The van der Waals surface area contributed by atoms with Gasteiger partial charge in [0, 0.05) is 0 Å². The maximum Gasteiger partial charge on any atom is 3.00 e. The summed E-state index contributed by atoms with van der Waals surface area (Å²) >= 11 is 0. The normalized spacial score (nSPS) is 11.8. The maximum atomic E-state index is 10.6. The second kappa shape index (κ2) is 118. The van der Waals surface area contributed by atoms with Crippen LogP contribution in [0.1, 0.15) is 676 Å². The smallest absolute Gasteiger partial charge is 0.811 e. The van der Waals surface area contributed by atoms with Gasteiger partial charge in [-0.05, 0) is 37.7 Å². The van der Waals surface area contributed by atoms with Gasteiger partial charge in [-0.3, -0.25) is 0 Å². The largest absolute Gasteiger partial charge is 3.00 e. The van der Waals surface area contributed by atoms with Crippen molar-refractivity contribution < 1.29 is 125 Å². The Labute approximate surface area is 833 Å². The quantitative estimate of drug-likeness (QED) is 0.0421. The summed E-state index contributed by atoms with van der Waals surface area (Å²) in [5.74, 6) is 0. The third-order valence-electron chi connectivity index (χ3n) is 26.4. The first-order valence-corrected chi connectivity index (χ1v) is 60.9. The van der Waals surface area contributed by atoms with E-state index in [1.165, 1.54) is 597 Å². The molecule has 14 heteroatoms. The minimum atomic E-state index is -4.27. The Kier molecular flexibility index (Phi) is 130. The van der Waals surface area contributed by atoms with Crippen LogP contribution in [0.4, 0.5) is 0 Å². The Morgan fingerprint density at radius 3 is 0.205 bits per heavy atom. The van der Waals surface area contributed by atoms with Gasteiger partial charge in [0.05, 0.1) is 0 Å². The zero-order valence-electron chi connectivity index (χ0n) is 83.3. The molecule has 0 atom stereocenters. The summed E-state index contributed by atoms with van der Waals surface area (Å²) in [6.45, 7) is 6.90. The van der Waals surface area contributed by atoms with Crippen LogP contribution in [0, 0.1) is 81.7 Å². The molecular weight excluding hydrogens is 1820 g/mol. The summed E-state index contributed by atoms with van der Waals surface area (Å²) in [5, 5.41) is 0. The van der Waals surface area contributed by atoms with Crippen LogP contribution in [0.5, 0.6) is 0 Å². The van der Waals surface area contributed by atoms with Crippen LogP contribution in [0.2, 0.25) is 0 Å². The zero-order chi connectivity index (χ0) is 87.7. The van der Waals surface area contributed by atoms with Crippen LogP contribution in [0.15, 0.2) is 0 Å². The van der Waals surface area contributed by atoms with E-state index in [1.807, 2.05) is 0 Å². The van der Waals surface area contributed by atoms with Gasteiger partial charge in [-0.15, -0.1) is 0 Å². The summed E-state index contributed by atoms with van der Waals surface area (Å²) in [6, 6.07) is 0. The van der Waals surface area contributed by atoms with Crippen molar-refractivity contribution in [3.8, 4) is 0 Å². The minimum absolute atomic E-state index is 0. The zero-order valence-corrected chi connectivity index (χ0v) is 92.4. The third kappa shape index (κ3) is 141. The van der Waals surface area contributed by atoms with Crippen molar-refractivity contribution in [2.45, 2.75) is 676 Å². The maximum absolute atomic E-state index is 10.6. The molecule has 728 valence electrons. The summed E-state index contributed by atoms with van der Waals surface area (Å²) in [5.41, 5.74) is 0. The molecule has 0 aromatic heterocycles. The summed E-state index contributed by atoms with van der Waals surface area (Å²) < 4.78 is 31.7. The Bertz CT molecular complexity index is 1740. The number of hydrogen-bond acceptors (Lipinski definition) is 9. The van der Waals surface area contributed by atoms with E-state index in [1.54, 1.807) is 0 Å². The second-order valence-corrected chi connectivity index (χ2v) is 44.0. The second-order valence-electron chi connectivity index (χ2n) is 39.0. The number of unbranched alkanes of at least 4 members (excludes halogenated alkanes) is 99. The van der Waals surface area contributed by atoms with E-state index in [2.05, 4.69) is 20.8 Å². The first-order chi connectivity index (χ1) is 58.7. The SMILES string of the molecule is CCCCCCCCCCCCCCCCCCCCCCCCCCCCCCCCCCCCP(=O)([O-])[O-].CCCCCCCCCCCCCCCCCCCCCCCCCCCCCCCCCCCCP(=O)([O-])[O-].CCCCCCCCCCCCCCCCCCCCCCCCCCCCCCCCCCCCP(=O)([O-])[O-].[Nd+3].[Nd+3].